The molecular weight excluding hydrogens is 406 g/mol. The Morgan fingerprint density at radius 3 is 2.69 bits per heavy atom. The number of benzene rings is 1. The summed E-state index contributed by atoms with van der Waals surface area (Å²) in [5.41, 5.74) is 1.23. The number of hydrogen-bond acceptors (Lipinski definition) is 6. The van der Waals surface area contributed by atoms with Gasteiger partial charge in [0, 0.05) is 45.7 Å². The summed E-state index contributed by atoms with van der Waals surface area (Å²) >= 11 is 0. The third-order valence-electron chi connectivity index (χ3n) is 5.35. The van der Waals surface area contributed by atoms with Crippen molar-refractivity contribution in [2.45, 2.75) is 33.2 Å². The van der Waals surface area contributed by atoms with Crippen molar-refractivity contribution < 1.29 is 9.47 Å². The number of rotatable bonds is 12. The molecule has 0 atom stereocenters. The molecule has 3 rings (SSSR count). The first-order valence-electron chi connectivity index (χ1n) is 11.6. The summed E-state index contributed by atoms with van der Waals surface area (Å²) in [6.45, 7) is 12.5. The molecule has 1 aliphatic heterocycles. The number of guanidine groups is 1. The smallest absolute Gasteiger partial charge is 0.191 e. The van der Waals surface area contributed by atoms with E-state index in [1.54, 1.807) is 6.33 Å². The third-order valence-corrected chi connectivity index (χ3v) is 5.35. The molecule has 1 fully saturated rings. The minimum Gasteiger partial charge on any atom is -0.492 e. The van der Waals surface area contributed by atoms with Gasteiger partial charge in [0.2, 0.25) is 0 Å². The normalized spacial score (nSPS) is 15.0. The fourth-order valence-electron chi connectivity index (χ4n) is 3.49. The Balaban J connectivity index is 1.43. The standard InChI is InChI=1S/C23H37N7O2/c1-3-22-28-27-19-30(22)13-10-25-23(24-9-4-12-29-14-17-31-18-15-29)26-11-16-32-21-7-5-20(2)6-8-21/h5-8,19H,3-4,9-18H2,1-2H3,(H2,24,25,26). The number of aromatic nitrogens is 3. The van der Waals surface area contributed by atoms with Crippen molar-refractivity contribution in [2.75, 3.05) is 59.1 Å². The molecule has 176 valence electrons. The maximum absolute atomic E-state index is 5.83. The molecule has 0 spiro atoms. The lowest BCUT2D eigenvalue weighted by Crippen LogP contribution is -2.41. The van der Waals surface area contributed by atoms with E-state index in [1.807, 2.05) is 12.1 Å². The van der Waals surface area contributed by atoms with Gasteiger partial charge in [0.1, 0.15) is 24.5 Å². The van der Waals surface area contributed by atoms with E-state index in [9.17, 15) is 0 Å². The summed E-state index contributed by atoms with van der Waals surface area (Å²) in [6.07, 6.45) is 3.68. The summed E-state index contributed by atoms with van der Waals surface area (Å²) in [5.74, 6) is 2.69. The van der Waals surface area contributed by atoms with E-state index in [-0.39, 0.29) is 0 Å². The van der Waals surface area contributed by atoms with Gasteiger partial charge in [0.05, 0.1) is 19.8 Å². The van der Waals surface area contributed by atoms with Crippen molar-refractivity contribution in [3.63, 3.8) is 0 Å². The Hall–Kier alpha value is -2.65. The molecule has 0 saturated carbocycles. The molecule has 2 heterocycles. The number of hydrogen-bond donors (Lipinski definition) is 2. The van der Waals surface area contributed by atoms with Gasteiger partial charge < -0.3 is 24.7 Å². The number of aryl methyl sites for hydroxylation is 2. The molecule has 0 bridgehead atoms. The van der Waals surface area contributed by atoms with Crippen molar-refractivity contribution >= 4 is 5.96 Å². The average Bonchev–Trinajstić information content (AvgIpc) is 3.28. The Morgan fingerprint density at radius 2 is 1.91 bits per heavy atom. The number of morpholine rings is 1. The Bertz CT molecular complexity index is 801. The van der Waals surface area contributed by atoms with Gasteiger partial charge in [-0.1, -0.05) is 24.6 Å². The molecule has 1 aromatic carbocycles. The van der Waals surface area contributed by atoms with Crippen LogP contribution in [0.1, 0.15) is 24.7 Å². The highest BCUT2D eigenvalue weighted by atomic mass is 16.5. The number of nitrogens with zero attached hydrogens (tertiary/aromatic N) is 5. The predicted octanol–water partition coefficient (Wildman–Crippen LogP) is 1.49. The second kappa shape index (κ2) is 13.7. The fraction of sp³-hybridized carbons (Fsp3) is 0.609. The van der Waals surface area contributed by atoms with Crippen LogP contribution < -0.4 is 15.4 Å². The van der Waals surface area contributed by atoms with E-state index in [1.165, 1.54) is 5.56 Å². The van der Waals surface area contributed by atoms with Gasteiger partial charge in [-0.2, -0.15) is 0 Å². The molecule has 9 nitrogen and oxygen atoms in total. The van der Waals surface area contributed by atoms with Crippen LogP contribution in [0, 0.1) is 6.92 Å². The molecular formula is C23H37N7O2. The van der Waals surface area contributed by atoms with Crippen LogP contribution in [-0.2, 0) is 17.7 Å². The molecule has 1 saturated heterocycles. The molecule has 2 aromatic rings. The first-order valence-corrected chi connectivity index (χ1v) is 11.6. The molecule has 0 radical (unpaired) electrons. The largest absolute Gasteiger partial charge is 0.492 e. The van der Waals surface area contributed by atoms with Crippen molar-refractivity contribution in [1.29, 1.82) is 0 Å². The average molecular weight is 444 g/mol. The van der Waals surface area contributed by atoms with Crippen LogP contribution in [0.25, 0.3) is 0 Å². The number of aliphatic imine (C=N–C) groups is 1. The molecule has 1 aromatic heterocycles. The van der Waals surface area contributed by atoms with Crippen LogP contribution in [0.15, 0.2) is 35.6 Å². The summed E-state index contributed by atoms with van der Waals surface area (Å²) in [7, 11) is 0. The molecule has 9 heteroatoms. The lowest BCUT2D eigenvalue weighted by molar-refractivity contribution is 0.0377. The lowest BCUT2D eigenvalue weighted by atomic mass is 10.2. The van der Waals surface area contributed by atoms with Crippen LogP contribution in [0.2, 0.25) is 0 Å². The minimum absolute atomic E-state index is 0.572. The number of nitrogens with one attached hydrogen (secondary N) is 2. The summed E-state index contributed by atoms with van der Waals surface area (Å²) < 4.78 is 13.3. The van der Waals surface area contributed by atoms with Gasteiger partial charge >= 0.3 is 0 Å². The highest BCUT2D eigenvalue weighted by Crippen LogP contribution is 2.10. The maximum Gasteiger partial charge on any atom is 0.191 e. The van der Waals surface area contributed by atoms with E-state index in [2.05, 4.69) is 56.3 Å². The highest BCUT2D eigenvalue weighted by molar-refractivity contribution is 5.79. The van der Waals surface area contributed by atoms with Crippen LogP contribution in [0.5, 0.6) is 5.75 Å². The summed E-state index contributed by atoms with van der Waals surface area (Å²) in [5, 5.41) is 15.0. The van der Waals surface area contributed by atoms with Gasteiger partial charge in [-0.15, -0.1) is 10.2 Å². The van der Waals surface area contributed by atoms with E-state index in [4.69, 9.17) is 14.5 Å². The highest BCUT2D eigenvalue weighted by Gasteiger charge is 2.09. The molecule has 0 aliphatic carbocycles. The first kappa shape index (κ1) is 24.0. The molecule has 0 amide bonds. The minimum atomic E-state index is 0.572. The molecule has 32 heavy (non-hydrogen) atoms. The quantitative estimate of drug-likeness (QED) is 0.292. The third kappa shape index (κ3) is 8.47. The first-order chi connectivity index (χ1) is 15.7. The van der Waals surface area contributed by atoms with Crippen molar-refractivity contribution in [2.24, 2.45) is 4.99 Å². The fourth-order valence-corrected chi connectivity index (χ4v) is 3.49. The van der Waals surface area contributed by atoms with Crippen LogP contribution >= 0.6 is 0 Å². The summed E-state index contributed by atoms with van der Waals surface area (Å²) in [4.78, 5) is 7.20. The summed E-state index contributed by atoms with van der Waals surface area (Å²) in [6, 6.07) is 8.11. The SMILES string of the molecule is CCc1nncn1CCNC(=NCCCN1CCOCC1)NCCOc1ccc(C)cc1. The monoisotopic (exact) mass is 443 g/mol. The second-order valence-electron chi connectivity index (χ2n) is 7.85. The zero-order valence-electron chi connectivity index (χ0n) is 19.4. The topological polar surface area (TPSA) is 88.8 Å². The van der Waals surface area contributed by atoms with Crippen LogP contribution in [0.3, 0.4) is 0 Å². The Morgan fingerprint density at radius 1 is 1.12 bits per heavy atom. The van der Waals surface area contributed by atoms with Gasteiger partial charge in [0.25, 0.3) is 0 Å². The lowest BCUT2D eigenvalue weighted by Gasteiger charge is -2.26. The van der Waals surface area contributed by atoms with E-state index >= 15 is 0 Å². The van der Waals surface area contributed by atoms with E-state index in [0.29, 0.717) is 13.2 Å². The number of ether oxygens (including phenoxy) is 2. The van der Waals surface area contributed by atoms with Gasteiger partial charge in [0.15, 0.2) is 5.96 Å². The molecule has 2 N–H and O–H groups in total. The van der Waals surface area contributed by atoms with Crippen LogP contribution in [0.4, 0.5) is 0 Å². The zero-order valence-corrected chi connectivity index (χ0v) is 19.4. The van der Waals surface area contributed by atoms with Gasteiger partial charge in [-0.25, -0.2) is 0 Å². The van der Waals surface area contributed by atoms with Crippen molar-refractivity contribution in [1.82, 2.24) is 30.3 Å². The van der Waals surface area contributed by atoms with Gasteiger partial charge in [-0.05, 0) is 25.5 Å². The van der Waals surface area contributed by atoms with Crippen LogP contribution in [-0.4, -0.2) is 84.7 Å². The zero-order chi connectivity index (χ0) is 22.4. The van der Waals surface area contributed by atoms with Gasteiger partial charge in [-0.3, -0.25) is 9.89 Å². The van der Waals surface area contributed by atoms with Crippen molar-refractivity contribution in [3.8, 4) is 5.75 Å². The molecule has 1 aliphatic rings. The second-order valence-corrected chi connectivity index (χ2v) is 7.85. The van der Waals surface area contributed by atoms with Crippen molar-refractivity contribution in [3.05, 3.63) is 42.0 Å². The maximum atomic E-state index is 5.83. The Kier molecular flexibility index (Phi) is 10.3. The van der Waals surface area contributed by atoms with E-state index < -0.39 is 0 Å². The molecule has 0 unspecified atom stereocenters. The Labute approximate surface area is 191 Å². The predicted molar refractivity (Wildman–Crippen MR) is 126 cm³/mol. The van der Waals surface area contributed by atoms with E-state index in [0.717, 1.165) is 82.9 Å².